The number of benzene rings is 2. The fraction of sp³-hybridized carbons (Fsp3) is 0.167. The number of ether oxygens (including phenoxy) is 1. The third-order valence-corrected chi connectivity index (χ3v) is 3.45. The van der Waals surface area contributed by atoms with E-state index < -0.39 is 11.7 Å². The molecule has 1 N–H and O–H groups in total. The number of hydrogen-bond acceptors (Lipinski definition) is 3. The minimum Gasteiger partial charge on any atom is -0.494 e. The van der Waals surface area contributed by atoms with Gasteiger partial charge in [-0.15, -0.1) is 0 Å². The van der Waals surface area contributed by atoms with Crippen molar-refractivity contribution >= 4 is 23.1 Å². The van der Waals surface area contributed by atoms with Gasteiger partial charge in [0.2, 0.25) is 0 Å². The van der Waals surface area contributed by atoms with Crippen LogP contribution in [0.1, 0.15) is 22.8 Å². The molecule has 0 aliphatic heterocycles. The molecule has 2 rings (SSSR count). The molecule has 132 valence electrons. The van der Waals surface area contributed by atoms with Crippen molar-refractivity contribution in [2.24, 2.45) is 0 Å². The topological polar surface area (TPSA) is 38.3 Å². The van der Waals surface area contributed by atoms with Crippen LogP contribution in [0.5, 0.6) is 5.75 Å². The van der Waals surface area contributed by atoms with Crippen molar-refractivity contribution in [2.75, 3.05) is 11.9 Å². The summed E-state index contributed by atoms with van der Waals surface area (Å²) in [6, 6.07) is 9.84. The second kappa shape index (κ2) is 8.07. The van der Waals surface area contributed by atoms with E-state index in [1.54, 1.807) is 24.3 Å². The lowest BCUT2D eigenvalue weighted by atomic mass is 10.1. The number of allylic oxidation sites excluding steroid dienone is 1. The Labute approximate surface area is 148 Å². The molecular formula is C18H15ClF3NO2. The highest BCUT2D eigenvalue weighted by Crippen LogP contribution is 2.36. The Hall–Kier alpha value is -2.47. The molecule has 0 aliphatic rings. The lowest BCUT2D eigenvalue weighted by Gasteiger charge is -2.12. The molecule has 2 aromatic carbocycles. The Bertz CT molecular complexity index is 771. The van der Waals surface area contributed by atoms with Gasteiger partial charge in [-0.05, 0) is 49.4 Å². The molecule has 0 heterocycles. The molecule has 7 heteroatoms. The molecule has 0 fully saturated rings. The number of anilines is 1. The van der Waals surface area contributed by atoms with Crippen LogP contribution in [-0.2, 0) is 6.18 Å². The van der Waals surface area contributed by atoms with Crippen LogP contribution in [-0.4, -0.2) is 12.4 Å². The summed E-state index contributed by atoms with van der Waals surface area (Å²) in [6.45, 7) is 2.36. The summed E-state index contributed by atoms with van der Waals surface area (Å²) in [5.41, 5.74) is -0.695. The highest BCUT2D eigenvalue weighted by atomic mass is 35.5. The highest BCUT2D eigenvalue weighted by molar-refractivity contribution is 6.30. The maximum Gasteiger partial charge on any atom is 0.418 e. The molecule has 0 unspecified atom stereocenters. The fourth-order valence-corrected chi connectivity index (χ4v) is 2.23. The van der Waals surface area contributed by atoms with Gasteiger partial charge in [0, 0.05) is 22.9 Å². The van der Waals surface area contributed by atoms with Crippen LogP contribution < -0.4 is 10.1 Å². The summed E-state index contributed by atoms with van der Waals surface area (Å²) >= 11 is 5.61. The van der Waals surface area contributed by atoms with Crippen LogP contribution in [0, 0.1) is 0 Å². The first-order valence-electron chi connectivity index (χ1n) is 7.38. The molecule has 0 atom stereocenters. The molecule has 0 aromatic heterocycles. The Morgan fingerprint density at radius 1 is 1.20 bits per heavy atom. The van der Waals surface area contributed by atoms with Gasteiger partial charge in [0.15, 0.2) is 5.78 Å². The van der Waals surface area contributed by atoms with Crippen LogP contribution in [0.15, 0.2) is 54.7 Å². The van der Waals surface area contributed by atoms with Crippen molar-refractivity contribution in [1.82, 2.24) is 0 Å². The second-order valence-electron chi connectivity index (χ2n) is 4.99. The first-order chi connectivity index (χ1) is 11.8. The molecule has 0 amide bonds. The van der Waals surface area contributed by atoms with Crippen molar-refractivity contribution < 1.29 is 22.7 Å². The van der Waals surface area contributed by atoms with Crippen molar-refractivity contribution in [3.63, 3.8) is 0 Å². The van der Waals surface area contributed by atoms with Gasteiger partial charge < -0.3 is 10.1 Å². The van der Waals surface area contributed by atoms with E-state index >= 15 is 0 Å². The summed E-state index contributed by atoms with van der Waals surface area (Å²) in [7, 11) is 0. The Kier molecular flexibility index (Phi) is 6.09. The zero-order valence-electron chi connectivity index (χ0n) is 13.2. The lowest BCUT2D eigenvalue weighted by Crippen LogP contribution is -2.08. The molecule has 0 aliphatic carbocycles. The number of ketones is 1. The third kappa shape index (κ3) is 5.26. The first kappa shape index (κ1) is 18.9. The molecule has 25 heavy (non-hydrogen) atoms. The maximum atomic E-state index is 13.0. The van der Waals surface area contributed by atoms with Crippen molar-refractivity contribution in [2.45, 2.75) is 13.1 Å². The Morgan fingerprint density at radius 3 is 2.48 bits per heavy atom. The lowest BCUT2D eigenvalue weighted by molar-refractivity contribution is -0.136. The normalized spacial score (nSPS) is 11.6. The van der Waals surface area contributed by atoms with Gasteiger partial charge in [-0.2, -0.15) is 13.2 Å². The van der Waals surface area contributed by atoms with E-state index in [-0.39, 0.29) is 16.5 Å². The fourth-order valence-electron chi connectivity index (χ4n) is 2.06. The predicted molar refractivity (Wildman–Crippen MR) is 91.2 cm³/mol. The average Bonchev–Trinajstić information content (AvgIpc) is 2.56. The summed E-state index contributed by atoms with van der Waals surface area (Å²) in [4.78, 5) is 12.0. The van der Waals surface area contributed by atoms with Crippen molar-refractivity contribution in [1.29, 1.82) is 0 Å². The maximum absolute atomic E-state index is 13.0. The summed E-state index contributed by atoms with van der Waals surface area (Å²) < 4.78 is 44.2. The van der Waals surface area contributed by atoms with Gasteiger partial charge in [-0.3, -0.25) is 4.79 Å². The summed E-state index contributed by atoms with van der Waals surface area (Å²) in [5.74, 6) is 0.287. The number of carbonyl (C=O) groups excluding carboxylic acids is 1. The van der Waals surface area contributed by atoms with E-state index in [0.717, 1.165) is 18.3 Å². The van der Waals surface area contributed by atoms with E-state index in [2.05, 4.69) is 5.32 Å². The van der Waals surface area contributed by atoms with E-state index in [0.29, 0.717) is 17.9 Å². The van der Waals surface area contributed by atoms with E-state index in [1.165, 1.54) is 12.1 Å². The monoisotopic (exact) mass is 369 g/mol. The standard InChI is InChI=1S/C18H15ClF3NO2/c1-2-25-14-6-3-12(4-7-14)17(24)9-10-23-16-8-5-13(19)11-15(16)18(20,21)22/h3-11,23H,2H2,1H3. The molecule has 2 aromatic rings. The molecule has 0 saturated heterocycles. The molecule has 0 radical (unpaired) electrons. The zero-order chi connectivity index (χ0) is 18.4. The van der Waals surface area contributed by atoms with E-state index in [9.17, 15) is 18.0 Å². The number of carbonyl (C=O) groups is 1. The predicted octanol–water partition coefficient (Wildman–Crippen LogP) is 5.57. The van der Waals surface area contributed by atoms with E-state index in [1.807, 2.05) is 6.92 Å². The molecule has 0 spiro atoms. The SMILES string of the molecule is CCOc1ccc(C(=O)C=CNc2ccc(Cl)cc2C(F)(F)F)cc1. The van der Waals surface area contributed by atoms with Crippen molar-refractivity contribution in [3.05, 3.63) is 70.9 Å². The Morgan fingerprint density at radius 2 is 1.88 bits per heavy atom. The molecule has 0 saturated carbocycles. The number of hydrogen-bond donors (Lipinski definition) is 1. The van der Waals surface area contributed by atoms with Gasteiger partial charge >= 0.3 is 6.18 Å². The van der Waals surface area contributed by atoms with Gasteiger partial charge in [0.05, 0.1) is 17.9 Å². The highest BCUT2D eigenvalue weighted by Gasteiger charge is 2.33. The zero-order valence-corrected chi connectivity index (χ0v) is 14.0. The largest absolute Gasteiger partial charge is 0.494 e. The number of nitrogens with one attached hydrogen (secondary N) is 1. The minimum absolute atomic E-state index is 0.0210. The van der Waals surface area contributed by atoms with Crippen LogP contribution in [0.25, 0.3) is 0 Å². The average molecular weight is 370 g/mol. The quantitative estimate of drug-likeness (QED) is 0.534. The second-order valence-corrected chi connectivity index (χ2v) is 5.42. The van der Waals surface area contributed by atoms with E-state index in [4.69, 9.17) is 16.3 Å². The smallest absolute Gasteiger partial charge is 0.418 e. The minimum atomic E-state index is -4.56. The van der Waals surface area contributed by atoms with Crippen molar-refractivity contribution in [3.8, 4) is 5.75 Å². The number of halogens is 4. The number of rotatable bonds is 6. The molecule has 3 nitrogen and oxygen atoms in total. The van der Waals surface area contributed by atoms with Crippen LogP contribution in [0.3, 0.4) is 0 Å². The molecule has 0 bridgehead atoms. The number of alkyl halides is 3. The van der Waals surface area contributed by atoms with Crippen LogP contribution in [0.4, 0.5) is 18.9 Å². The van der Waals surface area contributed by atoms with Crippen LogP contribution in [0.2, 0.25) is 5.02 Å². The van der Waals surface area contributed by atoms with Gasteiger partial charge in [0.25, 0.3) is 0 Å². The Balaban J connectivity index is 2.09. The first-order valence-corrected chi connectivity index (χ1v) is 7.76. The summed E-state index contributed by atoms with van der Waals surface area (Å²) in [6.07, 6.45) is -2.23. The molecular weight excluding hydrogens is 355 g/mol. The third-order valence-electron chi connectivity index (χ3n) is 3.21. The van der Waals surface area contributed by atoms with Gasteiger partial charge in [0.1, 0.15) is 5.75 Å². The summed E-state index contributed by atoms with van der Waals surface area (Å²) in [5, 5.41) is 2.45. The van der Waals surface area contributed by atoms with Crippen LogP contribution >= 0.6 is 11.6 Å². The van der Waals surface area contributed by atoms with Gasteiger partial charge in [-0.1, -0.05) is 11.6 Å². The van der Waals surface area contributed by atoms with Gasteiger partial charge in [-0.25, -0.2) is 0 Å².